The molecule has 0 aromatic rings. The fraction of sp³-hybridized carbons (Fsp3) is 0.200. The minimum atomic E-state index is 0.796. The minimum absolute atomic E-state index is 0.796. The predicted molar refractivity (Wildman–Crippen MR) is 33.4 cm³/mol. The third-order valence-electron chi connectivity index (χ3n) is 0.246. The van der Waals surface area contributed by atoms with Crippen LogP contribution in [0.2, 0.25) is 0 Å². The normalized spacial score (nSPS) is 5.29. The van der Waals surface area contributed by atoms with Crippen molar-refractivity contribution < 1.29 is 0 Å². The molecular formula is C5H10N2. The highest BCUT2D eigenvalue weighted by Gasteiger charge is 1.61. The molecule has 0 bridgehead atoms. The standard InChI is InChI=1S/C4H7N.CH3N/c1-4(2)3-5;1-2/h3,5H,1H2,2H3;2H,1H2. The van der Waals surface area contributed by atoms with E-state index < -0.39 is 0 Å². The molecule has 0 aliphatic carbocycles. The monoisotopic (exact) mass is 98.1 g/mol. The summed E-state index contributed by atoms with van der Waals surface area (Å²) in [7, 11) is 0. The van der Waals surface area contributed by atoms with Crippen LogP contribution in [0.4, 0.5) is 0 Å². The van der Waals surface area contributed by atoms with E-state index in [2.05, 4.69) is 13.3 Å². The molecule has 2 heteroatoms. The van der Waals surface area contributed by atoms with Crippen molar-refractivity contribution in [2.75, 3.05) is 0 Å². The van der Waals surface area contributed by atoms with Gasteiger partial charge in [-0.3, -0.25) is 0 Å². The molecule has 0 rings (SSSR count). The van der Waals surface area contributed by atoms with Gasteiger partial charge in [0.1, 0.15) is 0 Å². The van der Waals surface area contributed by atoms with E-state index in [1.807, 2.05) is 0 Å². The zero-order valence-corrected chi connectivity index (χ0v) is 4.49. The molecule has 2 nitrogen and oxygen atoms in total. The molecule has 0 aromatic heterocycles. The molecule has 0 aliphatic heterocycles. The van der Waals surface area contributed by atoms with Gasteiger partial charge in [-0.2, -0.15) is 0 Å². The first kappa shape index (κ1) is 9.43. The molecule has 7 heavy (non-hydrogen) atoms. The first-order valence-corrected chi connectivity index (χ1v) is 1.78. The van der Waals surface area contributed by atoms with Crippen molar-refractivity contribution in [2.45, 2.75) is 6.92 Å². The summed E-state index contributed by atoms with van der Waals surface area (Å²) in [5.41, 5.74) is 0.796. The number of rotatable bonds is 1. The highest BCUT2D eigenvalue weighted by atomic mass is 14.3. The van der Waals surface area contributed by atoms with Gasteiger partial charge in [-0.1, -0.05) is 6.58 Å². The molecule has 0 unspecified atom stereocenters. The molecule has 2 N–H and O–H groups in total. The summed E-state index contributed by atoms with van der Waals surface area (Å²) in [5.74, 6) is 0. The molecule has 0 fully saturated rings. The molecule has 0 aliphatic rings. The molecule has 0 saturated heterocycles. The summed E-state index contributed by atoms with van der Waals surface area (Å²) in [6.45, 7) is 7.72. The van der Waals surface area contributed by atoms with Crippen LogP contribution in [0, 0.1) is 10.8 Å². The van der Waals surface area contributed by atoms with E-state index in [9.17, 15) is 0 Å². The summed E-state index contributed by atoms with van der Waals surface area (Å²) in [4.78, 5) is 0. The van der Waals surface area contributed by atoms with Gasteiger partial charge in [-0.15, -0.1) is 0 Å². The van der Waals surface area contributed by atoms with Crippen molar-refractivity contribution in [3.05, 3.63) is 12.2 Å². The van der Waals surface area contributed by atoms with Crippen molar-refractivity contribution >= 4 is 12.9 Å². The van der Waals surface area contributed by atoms with Crippen LogP contribution in [-0.4, -0.2) is 12.9 Å². The van der Waals surface area contributed by atoms with E-state index in [0.717, 1.165) is 5.57 Å². The van der Waals surface area contributed by atoms with Crippen LogP contribution in [-0.2, 0) is 0 Å². The molecule has 0 heterocycles. The lowest BCUT2D eigenvalue weighted by molar-refractivity contribution is 1.52. The molecular weight excluding hydrogens is 88.1 g/mol. The molecule has 40 valence electrons. The van der Waals surface area contributed by atoms with Crippen LogP contribution < -0.4 is 0 Å². The van der Waals surface area contributed by atoms with Gasteiger partial charge in [-0.25, -0.2) is 0 Å². The van der Waals surface area contributed by atoms with Crippen LogP contribution in [0.25, 0.3) is 0 Å². The average Bonchev–Trinajstić information content (AvgIpc) is 1.73. The van der Waals surface area contributed by atoms with Gasteiger partial charge in [0.2, 0.25) is 0 Å². The fourth-order valence-corrected chi connectivity index (χ4v) is 0. The average molecular weight is 98.1 g/mol. The van der Waals surface area contributed by atoms with Crippen molar-refractivity contribution in [1.29, 1.82) is 10.8 Å². The molecule has 0 saturated carbocycles. The third kappa shape index (κ3) is 41.3. The van der Waals surface area contributed by atoms with Gasteiger partial charge >= 0.3 is 0 Å². The smallest absolute Gasteiger partial charge is 0.0201 e. The molecule has 0 amide bonds. The zero-order valence-electron chi connectivity index (χ0n) is 4.49. The summed E-state index contributed by atoms with van der Waals surface area (Å²) in [5, 5.41) is 11.9. The predicted octanol–water partition coefficient (Wildman–Crippen LogP) is 1.48. The Morgan fingerprint density at radius 1 is 1.57 bits per heavy atom. The fourth-order valence-electron chi connectivity index (χ4n) is 0. The van der Waals surface area contributed by atoms with Crippen molar-refractivity contribution in [1.82, 2.24) is 0 Å². The largest absolute Gasteiger partial charge is 0.317 e. The number of allylic oxidation sites excluding steroid dienone is 1. The Kier molecular flexibility index (Phi) is 12.0. The van der Waals surface area contributed by atoms with E-state index in [-0.39, 0.29) is 0 Å². The lowest BCUT2D eigenvalue weighted by Crippen LogP contribution is -1.63. The summed E-state index contributed by atoms with van der Waals surface area (Å²) >= 11 is 0. The van der Waals surface area contributed by atoms with E-state index in [1.165, 1.54) is 6.21 Å². The molecule has 0 aromatic carbocycles. The Balaban J connectivity index is 0. The van der Waals surface area contributed by atoms with Crippen LogP contribution in [0.3, 0.4) is 0 Å². The molecule has 0 radical (unpaired) electrons. The van der Waals surface area contributed by atoms with Gasteiger partial charge in [0.05, 0.1) is 0 Å². The van der Waals surface area contributed by atoms with Gasteiger partial charge in [-0.05, 0) is 19.2 Å². The highest BCUT2D eigenvalue weighted by molar-refractivity contribution is 5.73. The van der Waals surface area contributed by atoms with Crippen molar-refractivity contribution in [3.63, 3.8) is 0 Å². The lowest BCUT2D eigenvalue weighted by Gasteiger charge is -1.69. The Morgan fingerprint density at radius 2 is 1.71 bits per heavy atom. The maximum Gasteiger partial charge on any atom is 0.0201 e. The van der Waals surface area contributed by atoms with Gasteiger partial charge in [0, 0.05) is 6.21 Å². The lowest BCUT2D eigenvalue weighted by atomic mass is 10.4. The Morgan fingerprint density at radius 3 is 1.71 bits per heavy atom. The van der Waals surface area contributed by atoms with Gasteiger partial charge in [0.25, 0.3) is 0 Å². The number of hydrogen-bond donors (Lipinski definition) is 2. The van der Waals surface area contributed by atoms with Crippen LogP contribution in [0.15, 0.2) is 12.2 Å². The topological polar surface area (TPSA) is 47.7 Å². The summed E-state index contributed by atoms with van der Waals surface area (Å²) in [6, 6.07) is 0. The summed E-state index contributed by atoms with van der Waals surface area (Å²) in [6.07, 6.45) is 1.22. The molecule has 0 atom stereocenters. The van der Waals surface area contributed by atoms with E-state index in [0.29, 0.717) is 0 Å². The highest BCUT2D eigenvalue weighted by Crippen LogP contribution is 1.71. The quantitative estimate of drug-likeness (QED) is 0.467. The Bertz CT molecular complexity index is 66.5. The van der Waals surface area contributed by atoms with E-state index in [1.54, 1.807) is 6.92 Å². The minimum Gasteiger partial charge on any atom is -0.317 e. The maximum atomic E-state index is 6.43. The van der Waals surface area contributed by atoms with Crippen molar-refractivity contribution in [3.8, 4) is 0 Å². The number of hydrogen-bond acceptors (Lipinski definition) is 2. The number of nitrogens with one attached hydrogen (secondary N) is 2. The third-order valence-corrected chi connectivity index (χ3v) is 0.246. The Labute approximate surface area is 43.9 Å². The second kappa shape index (κ2) is 8.91. The zero-order chi connectivity index (χ0) is 6.28. The maximum absolute atomic E-state index is 6.43. The van der Waals surface area contributed by atoms with Gasteiger partial charge in [0.15, 0.2) is 0 Å². The van der Waals surface area contributed by atoms with E-state index in [4.69, 9.17) is 10.8 Å². The van der Waals surface area contributed by atoms with Crippen LogP contribution in [0.5, 0.6) is 0 Å². The van der Waals surface area contributed by atoms with Crippen molar-refractivity contribution in [2.24, 2.45) is 0 Å². The summed E-state index contributed by atoms with van der Waals surface area (Å²) < 4.78 is 0. The molecule has 0 spiro atoms. The second-order valence-corrected chi connectivity index (χ2v) is 0.991. The van der Waals surface area contributed by atoms with Crippen LogP contribution in [0.1, 0.15) is 6.92 Å². The first-order chi connectivity index (χ1) is 3.27. The van der Waals surface area contributed by atoms with Gasteiger partial charge < -0.3 is 10.8 Å². The SMILES string of the molecule is C=C(C)C=N.C=N. The van der Waals surface area contributed by atoms with E-state index >= 15 is 0 Å². The first-order valence-electron chi connectivity index (χ1n) is 1.78. The van der Waals surface area contributed by atoms with Crippen LogP contribution >= 0.6 is 0 Å². The Hall–Kier alpha value is -0.920. The second-order valence-electron chi connectivity index (χ2n) is 0.991.